The molecule has 0 atom stereocenters. The third-order valence-corrected chi connectivity index (χ3v) is 5.81. The Kier molecular flexibility index (Phi) is 5.81. The van der Waals surface area contributed by atoms with Crippen LogP contribution in [0.15, 0.2) is 73.6 Å². The van der Waals surface area contributed by atoms with Crippen molar-refractivity contribution in [3.05, 3.63) is 96.3 Å². The van der Waals surface area contributed by atoms with E-state index in [1.165, 1.54) is 12.1 Å². The largest absolute Gasteiger partial charge is 0.337 e. The quantitative estimate of drug-likeness (QED) is 0.305. The van der Waals surface area contributed by atoms with E-state index in [2.05, 4.69) is 40.5 Å². The summed E-state index contributed by atoms with van der Waals surface area (Å²) in [6, 6.07) is 13.2. The van der Waals surface area contributed by atoms with Gasteiger partial charge in [0.15, 0.2) is 11.3 Å². The summed E-state index contributed by atoms with van der Waals surface area (Å²) in [5.74, 6) is 0.156. The number of rotatable bonds is 8. The lowest BCUT2D eigenvalue weighted by molar-refractivity contribution is 0.600. The van der Waals surface area contributed by atoms with Gasteiger partial charge in [0.25, 0.3) is 0 Å². The van der Waals surface area contributed by atoms with Gasteiger partial charge < -0.3 is 19.8 Å². The molecule has 12 heteroatoms. The Bertz CT molecular complexity index is 1590. The first-order valence-corrected chi connectivity index (χ1v) is 11.4. The molecule has 0 fully saturated rings. The first kappa shape index (κ1) is 22.5. The number of fused-ring (bicyclic) bond motifs is 2. The van der Waals surface area contributed by atoms with E-state index in [0.29, 0.717) is 58.4 Å². The highest BCUT2D eigenvalue weighted by Crippen LogP contribution is 2.17. The van der Waals surface area contributed by atoms with Crippen molar-refractivity contribution < 1.29 is 8.78 Å². The van der Waals surface area contributed by atoms with Crippen molar-refractivity contribution in [1.82, 2.24) is 39.0 Å². The van der Waals surface area contributed by atoms with Crippen LogP contribution >= 0.6 is 0 Å². The highest BCUT2D eigenvalue weighted by Gasteiger charge is 2.11. The van der Waals surface area contributed by atoms with Gasteiger partial charge in [-0.15, -0.1) is 0 Å². The maximum absolute atomic E-state index is 14.1. The maximum Gasteiger partial charge on any atom is 0.226 e. The second-order valence-electron chi connectivity index (χ2n) is 8.26. The number of hydrogen-bond acceptors (Lipinski definition) is 8. The predicted octanol–water partition coefficient (Wildman–Crippen LogP) is 3.82. The van der Waals surface area contributed by atoms with Crippen molar-refractivity contribution in [3.63, 3.8) is 0 Å². The van der Waals surface area contributed by atoms with Crippen LogP contribution in [0, 0.1) is 11.6 Å². The molecule has 0 unspecified atom stereocenters. The Hall–Kier alpha value is -5.00. The lowest BCUT2D eigenvalue weighted by Gasteiger charge is -2.09. The average molecular weight is 499 g/mol. The predicted molar refractivity (Wildman–Crippen MR) is 134 cm³/mol. The normalized spacial score (nSPS) is 11.3. The fraction of sp³-hybridized carbons (Fsp3) is 0.120. The molecule has 37 heavy (non-hydrogen) atoms. The van der Waals surface area contributed by atoms with E-state index in [4.69, 9.17) is 0 Å². The molecule has 0 saturated heterocycles. The van der Waals surface area contributed by atoms with Crippen LogP contribution in [-0.4, -0.2) is 45.7 Å². The zero-order chi connectivity index (χ0) is 25.2. The Morgan fingerprint density at radius 1 is 0.622 bits per heavy atom. The van der Waals surface area contributed by atoms with Crippen LogP contribution < -0.4 is 10.6 Å². The van der Waals surface area contributed by atoms with Gasteiger partial charge in [-0.1, -0.05) is 36.4 Å². The van der Waals surface area contributed by atoms with Gasteiger partial charge in [-0.3, -0.25) is 0 Å². The van der Waals surface area contributed by atoms with Crippen molar-refractivity contribution in [2.75, 3.05) is 17.3 Å². The number of anilines is 2. The van der Waals surface area contributed by atoms with Crippen LogP contribution in [0.1, 0.15) is 11.1 Å². The zero-order valence-corrected chi connectivity index (χ0v) is 19.4. The fourth-order valence-electron chi connectivity index (χ4n) is 3.94. The molecule has 0 aliphatic rings. The Morgan fingerprint density at radius 3 is 1.54 bits per heavy atom. The number of halogens is 2. The van der Waals surface area contributed by atoms with Crippen molar-refractivity contribution in [1.29, 1.82) is 0 Å². The van der Waals surface area contributed by atoms with E-state index >= 15 is 0 Å². The van der Waals surface area contributed by atoms with Crippen LogP contribution in [0.3, 0.4) is 0 Å². The summed E-state index contributed by atoms with van der Waals surface area (Å²) >= 11 is 0. The molecule has 0 aliphatic carbocycles. The first-order valence-electron chi connectivity index (χ1n) is 11.4. The number of benzene rings is 2. The molecule has 0 spiro atoms. The van der Waals surface area contributed by atoms with Crippen molar-refractivity contribution >= 4 is 34.2 Å². The molecule has 6 aromatic rings. The van der Waals surface area contributed by atoms with E-state index in [9.17, 15) is 8.78 Å². The van der Waals surface area contributed by atoms with Crippen LogP contribution in [-0.2, 0) is 13.1 Å². The summed E-state index contributed by atoms with van der Waals surface area (Å²) < 4.78 is 31.7. The fourth-order valence-corrected chi connectivity index (χ4v) is 3.94. The third kappa shape index (κ3) is 4.63. The molecule has 10 nitrogen and oxygen atoms in total. The van der Waals surface area contributed by atoms with Gasteiger partial charge in [0.1, 0.15) is 22.7 Å². The number of nitrogens with one attached hydrogen (secondary N) is 2. The molecule has 0 amide bonds. The van der Waals surface area contributed by atoms with Crippen LogP contribution in [0.4, 0.5) is 20.7 Å². The van der Waals surface area contributed by atoms with Gasteiger partial charge in [0.05, 0.1) is 44.8 Å². The van der Waals surface area contributed by atoms with E-state index in [0.717, 1.165) is 0 Å². The summed E-state index contributed by atoms with van der Waals surface area (Å²) in [4.78, 5) is 26.2. The van der Waals surface area contributed by atoms with Crippen molar-refractivity contribution in [2.45, 2.75) is 13.1 Å². The second-order valence-corrected chi connectivity index (χ2v) is 8.26. The van der Waals surface area contributed by atoms with Crippen LogP contribution in [0.2, 0.25) is 0 Å². The van der Waals surface area contributed by atoms with Gasteiger partial charge in [0, 0.05) is 11.1 Å². The number of imidazole rings is 2. The molecule has 2 aromatic carbocycles. The van der Waals surface area contributed by atoms with E-state index in [1.807, 2.05) is 0 Å². The Balaban J connectivity index is 1.15. The van der Waals surface area contributed by atoms with Gasteiger partial charge in [0.2, 0.25) is 11.9 Å². The molecule has 2 N–H and O–H groups in total. The lowest BCUT2D eigenvalue weighted by Crippen LogP contribution is -2.16. The molecular formula is C25H20F2N10. The summed E-state index contributed by atoms with van der Waals surface area (Å²) in [6.07, 6.45) is 6.43. The number of hydrogen-bond donors (Lipinski definition) is 2. The molecule has 0 bridgehead atoms. The molecule has 4 aromatic heterocycles. The highest BCUT2D eigenvalue weighted by atomic mass is 19.1. The standard InChI is InChI=1S/C25H20F2N10/c26-18-7-3-1-5-16(18)11-36-14-32-20-9-28-24(34-22(20)36)30-13-31-25-29-10-21-23(35-25)37(15-33-21)12-17-6-2-4-8-19(17)27/h1-10,14-15H,11-13H2,(H,28,30,34)(H,29,31,35). The molecule has 184 valence electrons. The van der Waals surface area contributed by atoms with Crippen LogP contribution in [0.5, 0.6) is 0 Å². The maximum atomic E-state index is 14.1. The number of aromatic nitrogens is 8. The van der Waals surface area contributed by atoms with Crippen molar-refractivity contribution in [3.8, 4) is 0 Å². The summed E-state index contributed by atoms with van der Waals surface area (Å²) in [5.41, 5.74) is 3.45. The minimum Gasteiger partial charge on any atom is -0.337 e. The molecule has 6 rings (SSSR count). The number of nitrogens with zero attached hydrogens (tertiary/aromatic N) is 8. The molecule has 0 saturated carbocycles. The topological polar surface area (TPSA) is 111 Å². The summed E-state index contributed by atoms with van der Waals surface area (Å²) in [5, 5.41) is 6.16. The minimum absolute atomic E-state index is 0.236. The van der Waals surface area contributed by atoms with Gasteiger partial charge in [-0.2, -0.15) is 9.97 Å². The van der Waals surface area contributed by atoms with E-state index < -0.39 is 0 Å². The SMILES string of the molecule is Fc1ccccc1Cn1cnc2cnc(NCNc3ncc4ncn(Cc5ccccc5F)c4n3)nc21. The molecule has 0 aliphatic heterocycles. The van der Waals surface area contributed by atoms with E-state index in [1.54, 1.807) is 70.6 Å². The third-order valence-electron chi connectivity index (χ3n) is 5.81. The first-order chi connectivity index (χ1) is 18.1. The highest BCUT2D eigenvalue weighted by molar-refractivity contribution is 5.72. The van der Waals surface area contributed by atoms with E-state index in [-0.39, 0.29) is 18.3 Å². The average Bonchev–Trinajstić information content (AvgIpc) is 3.50. The Labute approximate surface area is 209 Å². The molecule has 4 heterocycles. The Morgan fingerprint density at radius 2 is 1.08 bits per heavy atom. The zero-order valence-electron chi connectivity index (χ0n) is 19.4. The smallest absolute Gasteiger partial charge is 0.226 e. The second kappa shape index (κ2) is 9.57. The van der Waals surface area contributed by atoms with Crippen LogP contribution in [0.25, 0.3) is 22.3 Å². The lowest BCUT2D eigenvalue weighted by atomic mass is 10.2. The van der Waals surface area contributed by atoms with Gasteiger partial charge in [-0.05, 0) is 12.1 Å². The monoisotopic (exact) mass is 498 g/mol. The van der Waals surface area contributed by atoms with Gasteiger partial charge >= 0.3 is 0 Å². The summed E-state index contributed by atoms with van der Waals surface area (Å²) in [7, 11) is 0. The minimum atomic E-state index is -0.284. The van der Waals surface area contributed by atoms with Crippen molar-refractivity contribution in [2.24, 2.45) is 0 Å². The summed E-state index contributed by atoms with van der Waals surface area (Å²) in [6.45, 7) is 0.832. The molecule has 0 radical (unpaired) electrons. The van der Waals surface area contributed by atoms with Gasteiger partial charge in [-0.25, -0.2) is 28.7 Å². The molecular weight excluding hydrogens is 478 g/mol.